The van der Waals surface area contributed by atoms with Crippen molar-refractivity contribution < 1.29 is 0 Å². The van der Waals surface area contributed by atoms with E-state index >= 15 is 0 Å². The predicted octanol–water partition coefficient (Wildman–Crippen LogP) is 4.74. The second-order valence-corrected chi connectivity index (χ2v) is 8.28. The number of thioether (sulfide) groups is 1. The van der Waals surface area contributed by atoms with E-state index in [1.807, 2.05) is 6.07 Å². The minimum Gasteiger partial charge on any atom is -0.301 e. The van der Waals surface area contributed by atoms with Gasteiger partial charge in [0, 0.05) is 5.92 Å². The first-order chi connectivity index (χ1) is 13.2. The fourth-order valence-corrected chi connectivity index (χ4v) is 4.08. The van der Waals surface area contributed by atoms with Crippen molar-refractivity contribution in [3.8, 4) is 6.07 Å². The molecule has 0 saturated heterocycles. The van der Waals surface area contributed by atoms with Crippen molar-refractivity contribution in [1.29, 1.82) is 5.26 Å². The molecule has 4 nitrogen and oxygen atoms in total. The zero-order valence-electron chi connectivity index (χ0n) is 15.4. The molecule has 1 atom stereocenters. The maximum atomic E-state index is 9.68. The Morgan fingerprint density at radius 3 is 2.48 bits per heavy atom. The lowest BCUT2D eigenvalue weighted by Gasteiger charge is -2.12. The van der Waals surface area contributed by atoms with Gasteiger partial charge in [0.25, 0.3) is 0 Å². The van der Waals surface area contributed by atoms with E-state index in [-0.39, 0.29) is 5.25 Å². The number of hydrogen-bond donors (Lipinski definition) is 0. The molecular formula is C22H22N4S. The molecule has 4 rings (SSSR count). The van der Waals surface area contributed by atoms with E-state index in [4.69, 9.17) is 0 Å². The van der Waals surface area contributed by atoms with Crippen molar-refractivity contribution in [3.05, 3.63) is 77.1 Å². The Morgan fingerprint density at radius 1 is 1.07 bits per heavy atom. The quantitative estimate of drug-likeness (QED) is 0.561. The third-order valence-electron chi connectivity index (χ3n) is 4.80. The van der Waals surface area contributed by atoms with Crippen LogP contribution in [0.5, 0.6) is 0 Å². The van der Waals surface area contributed by atoms with Gasteiger partial charge in [0.05, 0.1) is 12.6 Å². The maximum absolute atomic E-state index is 9.68. The van der Waals surface area contributed by atoms with Crippen LogP contribution in [0.25, 0.3) is 0 Å². The molecule has 1 aliphatic carbocycles. The van der Waals surface area contributed by atoms with Gasteiger partial charge in [0.15, 0.2) is 5.16 Å². The monoisotopic (exact) mass is 374 g/mol. The van der Waals surface area contributed by atoms with E-state index in [0.29, 0.717) is 12.3 Å². The van der Waals surface area contributed by atoms with Gasteiger partial charge < -0.3 is 4.57 Å². The van der Waals surface area contributed by atoms with Crippen LogP contribution in [0.3, 0.4) is 0 Å². The summed E-state index contributed by atoms with van der Waals surface area (Å²) in [6, 6.07) is 21.2. The molecule has 27 heavy (non-hydrogen) atoms. The summed E-state index contributed by atoms with van der Waals surface area (Å²) in [6.07, 6.45) is 3.07. The van der Waals surface area contributed by atoms with Crippen LogP contribution in [0.2, 0.25) is 0 Å². The van der Waals surface area contributed by atoms with Crippen LogP contribution in [0.1, 0.15) is 41.3 Å². The molecule has 0 amide bonds. The summed E-state index contributed by atoms with van der Waals surface area (Å²) in [5.74, 6) is 1.58. The average Bonchev–Trinajstić information content (AvgIpc) is 3.47. The summed E-state index contributed by atoms with van der Waals surface area (Å²) in [7, 11) is 0. The molecule has 0 radical (unpaired) electrons. The zero-order valence-corrected chi connectivity index (χ0v) is 16.2. The lowest BCUT2D eigenvalue weighted by atomic mass is 10.1. The molecular weight excluding hydrogens is 352 g/mol. The highest BCUT2D eigenvalue weighted by molar-refractivity contribution is 8.00. The standard InChI is InChI=1S/C22H22N4S/c1-16-7-9-17(10-8-16)13-20(14-23)27-22-25-24-21(19-11-12-19)26(22)15-18-5-3-2-4-6-18/h2-10,19-20H,11-13,15H2,1H3/t20-/m0/s1. The van der Waals surface area contributed by atoms with Crippen molar-refractivity contribution in [3.63, 3.8) is 0 Å². The van der Waals surface area contributed by atoms with E-state index in [0.717, 1.165) is 17.5 Å². The van der Waals surface area contributed by atoms with Crippen LogP contribution in [0, 0.1) is 18.3 Å². The molecule has 0 N–H and O–H groups in total. The number of aryl methyl sites for hydroxylation is 1. The molecule has 136 valence electrons. The SMILES string of the molecule is Cc1ccc(C[C@@H](C#N)Sc2nnc(C3CC3)n2Cc2ccccc2)cc1. The Balaban J connectivity index is 1.55. The first kappa shape index (κ1) is 17.8. The Labute approximate surface area is 164 Å². The van der Waals surface area contributed by atoms with Gasteiger partial charge in [-0.25, -0.2) is 0 Å². The van der Waals surface area contributed by atoms with Crippen LogP contribution >= 0.6 is 11.8 Å². The van der Waals surface area contributed by atoms with E-state index < -0.39 is 0 Å². The van der Waals surface area contributed by atoms with E-state index in [1.165, 1.54) is 41.3 Å². The normalized spacial score (nSPS) is 14.7. The smallest absolute Gasteiger partial charge is 0.192 e. The Kier molecular flexibility index (Phi) is 5.26. The number of rotatable bonds is 7. The van der Waals surface area contributed by atoms with Crippen LogP contribution in [0.4, 0.5) is 0 Å². The molecule has 5 heteroatoms. The van der Waals surface area contributed by atoms with Gasteiger partial charge in [-0.2, -0.15) is 5.26 Å². The summed E-state index contributed by atoms with van der Waals surface area (Å²) in [5, 5.41) is 19.3. The van der Waals surface area contributed by atoms with E-state index in [9.17, 15) is 5.26 Å². The second kappa shape index (κ2) is 7.98. The highest BCUT2D eigenvalue weighted by Gasteiger charge is 2.31. The molecule has 0 aliphatic heterocycles. The predicted molar refractivity (Wildman–Crippen MR) is 108 cm³/mol. The van der Waals surface area contributed by atoms with Gasteiger partial charge in [0.2, 0.25) is 0 Å². The molecule has 0 spiro atoms. The first-order valence-electron chi connectivity index (χ1n) is 9.32. The van der Waals surface area contributed by atoms with Crippen molar-refractivity contribution in [2.75, 3.05) is 0 Å². The lowest BCUT2D eigenvalue weighted by Crippen LogP contribution is -2.10. The number of aromatic nitrogens is 3. The largest absolute Gasteiger partial charge is 0.301 e. The fourth-order valence-electron chi connectivity index (χ4n) is 3.12. The molecule has 2 aromatic carbocycles. The first-order valence-corrected chi connectivity index (χ1v) is 10.2. The fraction of sp³-hybridized carbons (Fsp3) is 0.318. The topological polar surface area (TPSA) is 54.5 Å². The summed E-state index contributed by atoms with van der Waals surface area (Å²) < 4.78 is 2.21. The minimum absolute atomic E-state index is 0.182. The molecule has 1 fully saturated rings. The third kappa shape index (κ3) is 4.40. The van der Waals surface area contributed by atoms with Crippen molar-refractivity contribution >= 4 is 11.8 Å². The molecule has 1 aromatic heterocycles. The molecule has 0 bridgehead atoms. The number of nitriles is 1. The second-order valence-electron chi connectivity index (χ2n) is 7.11. The van der Waals surface area contributed by atoms with Crippen LogP contribution in [-0.2, 0) is 13.0 Å². The van der Waals surface area contributed by atoms with Crippen molar-refractivity contribution in [2.45, 2.75) is 49.1 Å². The van der Waals surface area contributed by atoms with Gasteiger partial charge in [-0.1, -0.05) is 71.9 Å². The number of benzene rings is 2. The van der Waals surface area contributed by atoms with Gasteiger partial charge in [-0.15, -0.1) is 10.2 Å². The molecule has 1 saturated carbocycles. The number of hydrogen-bond acceptors (Lipinski definition) is 4. The lowest BCUT2D eigenvalue weighted by molar-refractivity contribution is 0.666. The van der Waals surface area contributed by atoms with Gasteiger partial charge in [-0.05, 0) is 37.3 Å². The summed E-state index contributed by atoms with van der Waals surface area (Å²) in [5.41, 5.74) is 3.64. The van der Waals surface area contributed by atoms with Crippen LogP contribution in [0.15, 0.2) is 59.8 Å². The number of nitrogens with zero attached hydrogens (tertiary/aromatic N) is 4. The Bertz CT molecular complexity index is 937. The summed E-state index contributed by atoms with van der Waals surface area (Å²) >= 11 is 1.53. The molecule has 1 aliphatic rings. The summed E-state index contributed by atoms with van der Waals surface area (Å²) in [6.45, 7) is 2.83. The maximum Gasteiger partial charge on any atom is 0.192 e. The zero-order chi connectivity index (χ0) is 18.6. The van der Waals surface area contributed by atoms with E-state index in [1.54, 1.807) is 0 Å². The average molecular weight is 375 g/mol. The van der Waals surface area contributed by atoms with Gasteiger partial charge in [-0.3, -0.25) is 0 Å². The summed E-state index contributed by atoms with van der Waals surface area (Å²) in [4.78, 5) is 0. The highest BCUT2D eigenvalue weighted by atomic mass is 32.2. The highest BCUT2D eigenvalue weighted by Crippen LogP contribution is 2.40. The van der Waals surface area contributed by atoms with E-state index in [2.05, 4.69) is 76.3 Å². The van der Waals surface area contributed by atoms with Crippen LogP contribution in [-0.4, -0.2) is 20.0 Å². The third-order valence-corrected chi connectivity index (χ3v) is 5.87. The van der Waals surface area contributed by atoms with Gasteiger partial charge in [0.1, 0.15) is 11.1 Å². The Morgan fingerprint density at radius 2 is 1.81 bits per heavy atom. The minimum atomic E-state index is -0.182. The van der Waals surface area contributed by atoms with Crippen LogP contribution < -0.4 is 0 Å². The molecule has 3 aromatic rings. The van der Waals surface area contributed by atoms with Gasteiger partial charge >= 0.3 is 0 Å². The molecule has 0 unspecified atom stereocenters. The van der Waals surface area contributed by atoms with Crippen molar-refractivity contribution in [2.24, 2.45) is 0 Å². The Hall–Kier alpha value is -2.58. The van der Waals surface area contributed by atoms with Crippen molar-refractivity contribution in [1.82, 2.24) is 14.8 Å². The molecule has 1 heterocycles.